The molecule has 27 heavy (non-hydrogen) atoms. The van der Waals surface area contributed by atoms with Crippen molar-refractivity contribution in [2.24, 2.45) is 0 Å². The van der Waals surface area contributed by atoms with Crippen molar-refractivity contribution in [3.8, 4) is 5.75 Å². The SMILES string of the molecule is [2H]c1ccc(N2C([2H])([2H])C([2H])([2H])N(C(=O)[C@@H](COC)NC(C)=O)C([2H])([2H])C2([2H])[2H])cc1OC(F)(F)F. The van der Waals surface area contributed by atoms with Crippen LogP contribution in [0, 0.1) is 0 Å². The molecule has 0 aliphatic carbocycles. The van der Waals surface area contributed by atoms with Crippen LogP contribution in [0.4, 0.5) is 18.9 Å². The highest BCUT2D eigenvalue weighted by Crippen LogP contribution is 2.27. The van der Waals surface area contributed by atoms with Gasteiger partial charge in [-0.1, -0.05) is 6.07 Å². The standard InChI is InChI=1S/C17H22F3N3O4/c1-12(24)21-15(11-26-2)16(25)23-8-6-22(7-9-23)13-4-3-5-14(10-13)27-17(18,19)20/h3-5,10,15H,6-9,11H2,1-2H3,(H,21,24)/t15-/m1/s1/i5D,6D2,7D2,8D2,9D2. The van der Waals surface area contributed by atoms with Crippen molar-refractivity contribution in [1.29, 1.82) is 0 Å². The molecule has 1 saturated heterocycles. The summed E-state index contributed by atoms with van der Waals surface area (Å²) < 4.78 is 121. The Morgan fingerprint density at radius 2 is 2.04 bits per heavy atom. The quantitative estimate of drug-likeness (QED) is 0.784. The third kappa shape index (κ3) is 6.31. The molecule has 0 bridgehead atoms. The van der Waals surface area contributed by atoms with Gasteiger partial charge in [-0.2, -0.15) is 0 Å². The molecule has 10 heteroatoms. The van der Waals surface area contributed by atoms with Crippen LogP contribution in [0.1, 0.15) is 19.3 Å². The number of ether oxygens (including phenoxy) is 2. The molecule has 1 aromatic rings. The lowest BCUT2D eigenvalue weighted by molar-refractivity contribution is -0.274. The number of amides is 2. The molecule has 1 N–H and O–H groups in total. The lowest BCUT2D eigenvalue weighted by Gasteiger charge is -2.37. The van der Waals surface area contributed by atoms with Gasteiger partial charge in [0, 0.05) is 51.8 Å². The normalized spacial score (nSPS) is 28.4. The zero-order valence-corrected chi connectivity index (χ0v) is 14.2. The topological polar surface area (TPSA) is 71.1 Å². The highest BCUT2D eigenvalue weighted by molar-refractivity contribution is 5.87. The zero-order valence-electron chi connectivity index (χ0n) is 23.2. The summed E-state index contributed by atoms with van der Waals surface area (Å²) in [5.74, 6) is -3.54. The number of nitrogens with one attached hydrogen (secondary N) is 1. The van der Waals surface area contributed by atoms with Crippen LogP contribution in [0.5, 0.6) is 5.75 Å². The minimum absolute atomic E-state index is 0.101. The molecule has 0 unspecified atom stereocenters. The number of carbonyl (C=O) groups is 2. The molecular formula is C17H22F3N3O4. The van der Waals surface area contributed by atoms with Crippen LogP contribution in [0.15, 0.2) is 24.2 Å². The van der Waals surface area contributed by atoms with Gasteiger partial charge in [-0.3, -0.25) is 9.59 Å². The number of anilines is 1. The van der Waals surface area contributed by atoms with E-state index >= 15 is 0 Å². The second-order valence-corrected chi connectivity index (χ2v) is 5.12. The Morgan fingerprint density at radius 3 is 2.59 bits per heavy atom. The number of halogens is 3. The van der Waals surface area contributed by atoms with Crippen LogP contribution in [-0.2, 0) is 14.3 Å². The van der Waals surface area contributed by atoms with Crippen molar-refractivity contribution in [3.05, 3.63) is 24.2 Å². The summed E-state index contributed by atoms with van der Waals surface area (Å²) in [5, 5.41) is 2.10. The molecule has 2 rings (SSSR count). The van der Waals surface area contributed by atoms with Crippen LogP contribution in [-0.4, -0.2) is 68.8 Å². The van der Waals surface area contributed by atoms with Crippen molar-refractivity contribution in [3.63, 3.8) is 0 Å². The number of carbonyl (C=O) groups excluding carboxylic acids is 2. The van der Waals surface area contributed by atoms with Gasteiger partial charge in [0.2, 0.25) is 11.8 Å². The van der Waals surface area contributed by atoms with Gasteiger partial charge in [-0.15, -0.1) is 13.2 Å². The number of piperazine rings is 1. The average Bonchev–Trinajstić information content (AvgIpc) is 2.67. The Balaban J connectivity index is 2.72. The van der Waals surface area contributed by atoms with Crippen molar-refractivity contribution in [1.82, 2.24) is 10.2 Å². The molecule has 7 nitrogen and oxygen atoms in total. The van der Waals surface area contributed by atoms with E-state index in [4.69, 9.17) is 17.1 Å². The molecule has 2 amide bonds. The fraction of sp³-hybridized carbons (Fsp3) is 0.529. The van der Waals surface area contributed by atoms with E-state index < -0.39 is 74.3 Å². The van der Waals surface area contributed by atoms with Crippen LogP contribution in [0.3, 0.4) is 0 Å². The van der Waals surface area contributed by atoms with Crippen LogP contribution < -0.4 is 15.0 Å². The highest BCUT2D eigenvalue weighted by atomic mass is 19.4. The Morgan fingerprint density at radius 1 is 1.37 bits per heavy atom. The van der Waals surface area contributed by atoms with Gasteiger partial charge in [0.05, 0.1) is 18.9 Å². The Bertz CT molecular complexity index is 999. The minimum atomic E-state index is -5.28. The Hall–Kier alpha value is -2.49. The Kier molecular flexibility index (Phi) is 3.77. The van der Waals surface area contributed by atoms with E-state index in [2.05, 4.69) is 10.1 Å². The van der Waals surface area contributed by atoms with Crippen molar-refractivity contribution >= 4 is 17.5 Å². The molecule has 1 heterocycles. The second-order valence-electron chi connectivity index (χ2n) is 5.12. The lowest BCUT2D eigenvalue weighted by atomic mass is 10.2. The van der Waals surface area contributed by atoms with Crippen LogP contribution in [0.25, 0.3) is 0 Å². The van der Waals surface area contributed by atoms with Gasteiger partial charge < -0.3 is 24.6 Å². The first-order valence-electron chi connectivity index (χ1n) is 11.9. The molecule has 0 saturated carbocycles. The van der Waals surface area contributed by atoms with Gasteiger partial charge in [0.25, 0.3) is 0 Å². The first-order valence-corrected chi connectivity index (χ1v) is 7.40. The van der Waals surface area contributed by atoms with E-state index in [-0.39, 0.29) is 9.80 Å². The summed E-state index contributed by atoms with van der Waals surface area (Å²) in [4.78, 5) is 24.2. The van der Waals surface area contributed by atoms with Gasteiger partial charge in [-0.05, 0) is 12.1 Å². The predicted molar refractivity (Wildman–Crippen MR) is 91.4 cm³/mol. The fourth-order valence-electron chi connectivity index (χ4n) is 1.99. The number of hydrogen-bond acceptors (Lipinski definition) is 5. The van der Waals surface area contributed by atoms with Gasteiger partial charge in [-0.25, -0.2) is 0 Å². The number of rotatable bonds is 6. The lowest BCUT2D eigenvalue weighted by Crippen LogP contribution is -2.56. The summed E-state index contributed by atoms with van der Waals surface area (Å²) >= 11 is 0. The largest absolute Gasteiger partial charge is 0.573 e. The highest BCUT2D eigenvalue weighted by Gasteiger charge is 2.32. The molecule has 1 aliphatic rings. The maximum absolute atomic E-state index is 13.2. The summed E-state index contributed by atoms with van der Waals surface area (Å²) in [5.41, 5.74) is -0.810. The number of hydrogen-bond donors (Lipinski definition) is 1. The van der Waals surface area contributed by atoms with Gasteiger partial charge in [0.15, 0.2) is 0 Å². The average molecular weight is 398 g/mol. The molecule has 0 aromatic heterocycles. The first kappa shape index (κ1) is 11.4. The molecule has 1 aromatic carbocycles. The molecule has 150 valence electrons. The third-order valence-corrected chi connectivity index (χ3v) is 3.02. The summed E-state index contributed by atoms with van der Waals surface area (Å²) in [6.45, 7) is -14.2. The van der Waals surface area contributed by atoms with E-state index in [9.17, 15) is 22.8 Å². The van der Waals surface area contributed by atoms with Crippen LogP contribution in [0.2, 0.25) is 0 Å². The van der Waals surface area contributed by atoms with E-state index in [0.717, 1.165) is 20.1 Å². The molecule has 1 aliphatic heterocycles. The fourth-order valence-corrected chi connectivity index (χ4v) is 1.99. The third-order valence-electron chi connectivity index (χ3n) is 3.02. The molecule has 0 radical (unpaired) electrons. The molecule has 1 atom stereocenters. The second kappa shape index (κ2) is 8.94. The van der Waals surface area contributed by atoms with E-state index in [1.54, 1.807) is 0 Å². The number of benzene rings is 1. The molecule has 1 fully saturated rings. The van der Waals surface area contributed by atoms with Crippen LogP contribution >= 0.6 is 0 Å². The smallest absolute Gasteiger partial charge is 0.406 e. The van der Waals surface area contributed by atoms with Gasteiger partial charge >= 0.3 is 6.36 Å². The van der Waals surface area contributed by atoms with E-state index in [0.29, 0.717) is 12.1 Å². The van der Waals surface area contributed by atoms with E-state index in [1.807, 2.05) is 0 Å². The monoisotopic (exact) mass is 398 g/mol. The molecular weight excluding hydrogens is 367 g/mol. The van der Waals surface area contributed by atoms with Crippen molar-refractivity contribution in [2.45, 2.75) is 19.3 Å². The minimum Gasteiger partial charge on any atom is -0.406 e. The van der Waals surface area contributed by atoms with Gasteiger partial charge in [0.1, 0.15) is 11.8 Å². The van der Waals surface area contributed by atoms with Crippen molar-refractivity contribution < 1.29 is 44.6 Å². The molecule has 0 spiro atoms. The number of alkyl halides is 3. The number of methoxy groups -OCH3 is 1. The van der Waals surface area contributed by atoms with Crippen molar-refractivity contribution in [2.75, 3.05) is 44.6 Å². The Labute approximate surface area is 167 Å². The summed E-state index contributed by atoms with van der Waals surface area (Å²) in [6.07, 6.45) is -5.28. The number of nitrogens with zero attached hydrogens (tertiary/aromatic N) is 2. The predicted octanol–water partition coefficient (Wildman–Crippen LogP) is 1.38. The summed E-state index contributed by atoms with van der Waals surface area (Å²) in [6, 6.07) is -0.688. The summed E-state index contributed by atoms with van der Waals surface area (Å²) in [7, 11) is 1.11. The maximum atomic E-state index is 13.2. The maximum Gasteiger partial charge on any atom is 0.573 e. The zero-order chi connectivity index (χ0) is 28.1. The first-order chi connectivity index (χ1) is 16.1. The van der Waals surface area contributed by atoms with E-state index in [1.165, 1.54) is 0 Å².